The van der Waals surface area contributed by atoms with E-state index in [0.717, 1.165) is 36.0 Å². The van der Waals surface area contributed by atoms with E-state index in [4.69, 9.17) is 0 Å². The van der Waals surface area contributed by atoms with Crippen LogP contribution in [0.3, 0.4) is 0 Å². The lowest BCUT2D eigenvalue weighted by molar-refractivity contribution is -0.134. The van der Waals surface area contributed by atoms with Crippen molar-refractivity contribution in [3.05, 3.63) is 83.2 Å². The highest BCUT2D eigenvalue weighted by Crippen LogP contribution is 2.40. The van der Waals surface area contributed by atoms with Crippen molar-refractivity contribution < 1.29 is 15.0 Å². The smallest absolute Gasteiger partial charge is 0.334 e. The fraction of sp³-hybridized carbons (Fsp3) is 0.304. The predicted octanol–water partition coefficient (Wildman–Crippen LogP) is 4.15. The second-order valence-electron chi connectivity index (χ2n) is 7.19. The Hall–Kier alpha value is -2.72. The third-order valence-corrected chi connectivity index (χ3v) is 5.29. The first-order valence-corrected chi connectivity index (χ1v) is 9.32. The van der Waals surface area contributed by atoms with Crippen LogP contribution in [-0.2, 0) is 16.6 Å². The van der Waals surface area contributed by atoms with E-state index in [9.17, 15) is 15.0 Å². The van der Waals surface area contributed by atoms with Gasteiger partial charge in [0.15, 0.2) is 0 Å². The Morgan fingerprint density at radius 2 is 2.00 bits per heavy atom. The summed E-state index contributed by atoms with van der Waals surface area (Å²) in [7, 11) is 0. The van der Waals surface area contributed by atoms with Crippen LogP contribution in [0.5, 0.6) is 0 Å². The molecule has 0 bridgehead atoms. The van der Waals surface area contributed by atoms with Crippen molar-refractivity contribution in [1.29, 1.82) is 0 Å². The molecular formula is C23H25NO3. The van der Waals surface area contributed by atoms with E-state index >= 15 is 0 Å². The highest BCUT2D eigenvalue weighted by atomic mass is 16.4. The van der Waals surface area contributed by atoms with Crippen molar-refractivity contribution in [1.82, 2.24) is 4.98 Å². The lowest BCUT2D eigenvalue weighted by atomic mass is 9.70. The van der Waals surface area contributed by atoms with Gasteiger partial charge < -0.3 is 10.2 Å². The van der Waals surface area contributed by atoms with Crippen LogP contribution in [0, 0.1) is 0 Å². The molecule has 0 saturated carbocycles. The molecule has 1 aromatic carbocycles. The Bertz CT molecular complexity index is 886. The minimum Gasteiger partial charge on any atom is -0.478 e. The second kappa shape index (κ2) is 7.89. The number of hydrogen-bond acceptors (Lipinski definition) is 3. The minimum absolute atomic E-state index is 0.00384. The SMILES string of the molecule is CCCCc1ccccc1C1=CC(C)(c2cccnc2)C(O)C(C(=O)O)=C1. The Labute approximate surface area is 159 Å². The molecular weight excluding hydrogens is 338 g/mol. The van der Waals surface area contributed by atoms with E-state index < -0.39 is 17.5 Å². The molecule has 4 nitrogen and oxygen atoms in total. The molecule has 0 spiro atoms. The fourth-order valence-electron chi connectivity index (χ4n) is 3.66. The summed E-state index contributed by atoms with van der Waals surface area (Å²) in [6, 6.07) is 11.8. The summed E-state index contributed by atoms with van der Waals surface area (Å²) >= 11 is 0. The summed E-state index contributed by atoms with van der Waals surface area (Å²) in [5.74, 6) is -1.10. The monoisotopic (exact) mass is 363 g/mol. The molecule has 3 rings (SSSR count). The van der Waals surface area contributed by atoms with E-state index in [1.807, 2.05) is 37.3 Å². The highest BCUT2D eigenvalue weighted by molar-refractivity contribution is 5.95. The molecule has 0 saturated heterocycles. The Balaban J connectivity index is 2.16. The summed E-state index contributed by atoms with van der Waals surface area (Å²) in [6.07, 6.45) is 8.89. The number of benzene rings is 1. The van der Waals surface area contributed by atoms with Crippen molar-refractivity contribution in [2.75, 3.05) is 0 Å². The molecule has 1 aromatic heterocycles. The number of aliphatic hydroxyl groups excluding tert-OH is 1. The molecule has 2 N–H and O–H groups in total. The molecule has 27 heavy (non-hydrogen) atoms. The number of aromatic nitrogens is 1. The summed E-state index contributed by atoms with van der Waals surface area (Å²) in [4.78, 5) is 16.0. The molecule has 1 heterocycles. The second-order valence-corrected chi connectivity index (χ2v) is 7.19. The zero-order valence-electron chi connectivity index (χ0n) is 15.7. The van der Waals surface area contributed by atoms with E-state index in [1.54, 1.807) is 24.5 Å². The number of carboxylic acids is 1. The normalized spacial score (nSPS) is 22.1. The van der Waals surface area contributed by atoms with Gasteiger partial charge in [-0.1, -0.05) is 49.8 Å². The van der Waals surface area contributed by atoms with Crippen molar-refractivity contribution >= 4 is 11.5 Å². The van der Waals surface area contributed by atoms with Gasteiger partial charge in [0.05, 0.1) is 11.7 Å². The van der Waals surface area contributed by atoms with Gasteiger partial charge in [0.2, 0.25) is 0 Å². The van der Waals surface area contributed by atoms with Gasteiger partial charge in [0.25, 0.3) is 0 Å². The van der Waals surface area contributed by atoms with E-state index in [-0.39, 0.29) is 5.57 Å². The third-order valence-electron chi connectivity index (χ3n) is 5.29. The number of unbranched alkanes of at least 4 members (excludes halogenated alkanes) is 1. The number of allylic oxidation sites excluding steroid dienone is 2. The molecule has 0 radical (unpaired) electrons. The van der Waals surface area contributed by atoms with Gasteiger partial charge in [-0.15, -0.1) is 0 Å². The summed E-state index contributed by atoms with van der Waals surface area (Å²) < 4.78 is 0. The first-order chi connectivity index (χ1) is 13.0. The number of rotatable bonds is 6. The van der Waals surface area contributed by atoms with Crippen molar-refractivity contribution in [2.24, 2.45) is 0 Å². The maximum absolute atomic E-state index is 11.8. The van der Waals surface area contributed by atoms with Crippen LogP contribution in [-0.4, -0.2) is 27.3 Å². The Kier molecular flexibility index (Phi) is 5.57. The molecule has 0 fully saturated rings. The molecule has 4 heteroatoms. The fourth-order valence-corrected chi connectivity index (χ4v) is 3.66. The number of carboxylic acid groups (broad SMARTS) is 1. The molecule has 2 atom stereocenters. The van der Waals surface area contributed by atoms with Crippen molar-refractivity contribution in [3.8, 4) is 0 Å². The Morgan fingerprint density at radius 3 is 2.67 bits per heavy atom. The summed E-state index contributed by atoms with van der Waals surface area (Å²) in [6.45, 7) is 4.01. The van der Waals surface area contributed by atoms with Crippen LogP contribution in [0.4, 0.5) is 0 Å². The number of carbonyl (C=O) groups is 1. The zero-order chi connectivity index (χ0) is 19.4. The van der Waals surface area contributed by atoms with Crippen LogP contribution in [0.25, 0.3) is 5.57 Å². The van der Waals surface area contributed by atoms with Gasteiger partial charge in [-0.25, -0.2) is 4.79 Å². The van der Waals surface area contributed by atoms with Crippen molar-refractivity contribution in [3.63, 3.8) is 0 Å². The number of aliphatic hydroxyl groups is 1. The van der Waals surface area contributed by atoms with Gasteiger partial charge in [-0.3, -0.25) is 4.98 Å². The standard InChI is InChI=1S/C23H25NO3/c1-3-4-8-16-9-5-6-11-19(16)17-13-20(22(26)27)21(25)23(2,14-17)18-10-7-12-24-15-18/h5-7,9-15,21,25H,3-4,8H2,1-2H3,(H,26,27). The third kappa shape index (κ3) is 3.71. The number of aryl methyl sites for hydroxylation is 1. The zero-order valence-corrected chi connectivity index (χ0v) is 15.7. The molecule has 2 aromatic rings. The van der Waals surface area contributed by atoms with E-state index in [0.29, 0.717) is 0 Å². The molecule has 140 valence electrons. The summed E-state index contributed by atoms with van der Waals surface area (Å²) in [5.41, 5.74) is 2.96. The van der Waals surface area contributed by atoms with Crippen LogP contribution in [0.2, 0.25) is 0 Å². The van der Waals surface area contributed by atoms with Gasteiger partial charge in [0, 0.05) is 17.8 Å². The van der Waals surface area contributed by atoms with Crippen LogP contribution in [0.1, 0.15) is 43.4 Å². The molecule has 0 amide bonds. The molecule has 2 unspecified atom stereocenters. The molecule has 1 aliphatic carbocycles. The number of hydrogen-bond donors (Lipinski definition) is 2. The van der Waals surface area contributed by atoms with Crippen molar-refractivity contribution in [2.45, 2.75) is 44.6 Å². The van der Waals surface area contributed by atoms with Crippen LogP contribution >= 0.6 is 0 Å². The predicted molar refractivity (Wildman–Crippen MR) is 106 cm³/mol. The maximum Gasteiger partial charge on any atom is 0.334 e. The topological polar surface area (TPSA) is 70.4 Å². The lowest BCUT2D eigenvalue weighted by Gasteiger charge is -2.36. The Morgan fingerprint density at radius 1 is 1.22 bits per heavy atom. The van der Waals surface area contributed by atoms with E-state index in [2.05, 4.69) is 18.0 Å². The van der Waals surface area contributed by atoms with Gasteiger partial charge in [-0.05, 0) is 54.2 Å². The van der Waals surface area contributed by atoms with Gasteiger partial charge in [-0.2, -0.15) is 0 Å². The largest absolute Gasteiger partial charge is 0.478 e. The average molecular weight is 363 g/mol. The van der Waals surface area contributed by atoms with Gasteiger partial charge in [0.1, 0.15) is 0 Å². The van der Waals surface area contributed by atoms with Gasteiger partial charge >= 0.3 is 5.97 Å². The highest BCUT2D eigenvalue weighted by Gasteiger charge is 2.41. The first kappa shape index (κ1) is 19.1. The van der Waals surface area contributed by atoms with Crippen LogP contribution in [0.15, 0.2) is 66.5 Å². The number of pyridine rings is 1. The quantitative estimate of drug-likeness (QED) is 0.809. The van der Waals surface area contributed by atoms with Crippen LogP contribution < -0.4 is 0 Å². The molecule has 1 aliphatic rings. The lowest BCUT2D eigenvalue weighted by Crippen LogP contribution is -2.40. The minimum atomic E-state index is -1.15. The number of nitrogens with zero attached hydrogens (tertiary/aromatic N) is 1. The van der Waals surface area contributed by atoms with E-state index in [1.165, 1.54) is 5.56 Å². The molecule has 0 aliphatic heterocycles. The number of aliphatic carboxylic acids is 1. The maximum atomic E-state index is 11.8. The average Bonchev–Trinajstić information content (AvgIpc) is 2.69. The summed E-state index contributed by atoms with van der Waals surface area (Å²) in [5, 5.41) is 20.6. The first-order valence-electron chi connectivity index (χ1n) is 9.32.